The molecule has 56 heavy (non-hydrogen) atoms. The molecule has 0 aliphatic heterocycles. The maximum atomic E-state index is 9.42. The van der Waals surface area contributed by atoms with Gasteiger partial charge in [0.25, 0.3) is 0 Å². The number of nitriles is 2. The fourth-order valence-corrected chi connectivity index (χ4v) is 5.34. The molecule has 4 aromatic rings. The molecular weight excluding hydrogens is 689 g/mol. The van der Waals surface area contributed by atoms with Crippen molar-refractivity contribution in [3.8, 4) is 12.1 Å². The number of allylic oxidation sites excluding steroid dienone is 16. The van der Waals surface area contributed by atoms with Crippen LogP contribution in [0.3, 0.4) is 0 Å². The van der Waals surface area contributed by atoms with Gasteiger partial charge in [0.15, 0.2) is 0 Å². The number of benzene rings is 3. The van der Waals surface area contributed by atoms with Gasteiger partial charge in [0.1, 0.15) is 12.1 Å². The molecule has 8 nitrogen and oxygen atoms in total. The van der Waals surface area contributed by atoms with E-state index in [1.807, 2.05) is 161 Å². The van der Waals surface area contributed by atoms with E-state index < -0.39 is 0 Å². The molecule has 0 atom stereocenters. The maximum Gasteiger partial charge on any atom is 0.101 e. The van der Waals surface area contributed by atoms with E-state index in [2.05, 4.69) is 22.1 Å². The average molecular weight is 733 g/mol. The fraction of sp³-hybridized carbons (Fsp3) is 0.125. The first-order valence-corrected chi connectivity index (χ1v) is 18.2. The van der Waals surface area contributed by atoms with Crippen molar-refractivity contribution in [2.24, 2.45) is 20.0 Å². The molecule has 1 heterocycles. The van der Waals surface area contributed by atoms with E-state index in [9.17, 15) is 10.5 Å². The molecule has 0 aliphatic rings. The van der Waals surface area contributed by atoms with Crippen molar-refractivity contribution in [1.82, 2.24) is 9.97 Å². The number of nitrogens with zero attached hydrogens (tertiary/aromatic N) is 8. The predicted octanol–water partition coefficient (Wildman–Crippen LogP) is 11.3. The van der Waals surface area contributed by atoms with Crippen LogP contribution in [0.15, 0.2) is 188 Å². The van der Waals surface area contributed by atoms with E-state index in [0.717, 1.165) is 44.7 Å². The molecular formula is C48H44N8. The third-order valence-corrected chi connectivity index (χ3v) is 7.96. The van der Waals surface area contributed by atoms with Gasteiger partial charge in [0.2, 0.25) is 0 Å². The van der Waals surface area contributed by atoms with E-state index >= 15 is 0 Å². The lowest BCUT2D eigenvalue weighted by Crippen LogP contribution is -2.01. The lowest BCUT2D eigenvalue weighted by atomic mass is 10.0. The van der Waals surface area contributed by atoms with E-state index in [1.165, 1.54) is 0 Å². The second-order valence-corrected chi connectivity index (χ2v) is 11.9. The summed E-state index contributed by atoms with van der Waals surface area (Å²) in [7, 11) is 0. The molecule has 0 spiro atoms. The van der Waals surface area contributed by atoms with E-state index in [1.54, 1.807) is 37.0 Å². The highest BCUT2D eigenvalue weighted by Gasteiger charge is 2.08. The van der Waals surface area contributed by atoms with E-state index in [-0.39, 0.29) is 0 Å². The molecule has 0 aliphatic carbocycles. The summed E-state index contributed by atoms with van der Waals surface area (Å²) in [5, 5.41) is 18.8. The number of aliphatic imine (C=N–C) groups is 4. The van der Waals surface area contributed by atoms with Crippen LogP contribution in [0.4, 0.5) is 11.4 Å². The van der Waals surface area contributed by atoms with Crippen LogP contribution < -0.4 is 0 Å². The monoisotopic (exact) mass is 732 g/mol. The molecule has 0 bridgehead atoms. The van der Waals surface area contributed by atoms with Crippen LogP contribution in [-0.2, 0) is 13.1 Å². The van der Waals surface area contributed by atoms with Crippen LogP contribution in [0, 0.1) is 22.7 Å². The van der Waals surface area contributed by atoms with Gasteiger partial charge in [-0.15, -0.1) is 0 Å². The molecule has 1 aromatic heterocycles. The molecule has 8 heteroatoms. The van der Waals surface area contributed by atoms with Gasteiger partial charge in [-0.05, 0) is 111 Å². The summed E-state index contributed by atoms with van der Waals surface area (Å²) in [6, 6.07) is 26.6. The van der Waals surface area contributed by atoms with Gasteiger partial charge in [-0.2, -0.15) is 10.5 Å². The zero-order valence-electron chi connectivity index (χ0n) is 32.2. The van der Waals surface area contributed by atoms with Gasteiger partial charge in [-0.25, -0.2) is 9.97 Å². The SMILES string of the molecule is C\C=C/C(=C/C=N/c1ccccc1C#N)C(/C=C\C)=C/C=N/Cc1nc2ccccc2nc1C/N=C/C=C(\C=C/C)C(/C=C\C)=C/C=N/c1ccccc1C#N. The molecule has 0 unspecified atom stereocenters. The summed E-state index contributed by atoms with van der Waals surface area (Å²) in [4.78, 5) is 28.3. The molecule has 276 valence electrons. The van der Waals surface area contributed by atoms with Crippen molar-refractivity contribution in [2.45, 2.75) is 40.8 Å². The largest absolute Gasteiger partial charge is 0.287 e. The van der Waals surface area contributed by atoms with Gasteiger partial charge in [0, 0.05) is 24.9 Å². The number of aromatic nitrogens is 2. The van der Waals surface area contributed by atoms with E-state index in [0.29, 0.717) is 35.6 Å². The topological polar surface area (TPSA) is 123 Å². The predicted molar refractivity (Wildman–Crippen MR) is 234 cm³/mol. The summed E-state index contributed by atoms with van der Waals surface area (Å²) >= 11 is 0. The van der Waals surface area contributed by atoms with Gasteiger partial charge < -0.3 is 0 Å². The maximum absolute atomic E-state index is 9.42. The van der Waals surface area contributed by atoms with Gasteiger partial charge in [0.05, 0.1) is 58.0 Å². The summed E-state index contributed by atoms with van der Waals surface area (Å²) in [5.74, 6) is 0. The lowest BCUT2D eigenvalue weighted by Gasteiger charge is -2.06. The summed E-state index contributed by atoms with van der Waals surface area (Å²) in [6.07, 6.45) is 30.6. The van der Waals surface area contributed by atoms with Crippen LogP contribution in [0.1, 0.15) is 50.2 Å². The second-order valence-electron chi connectivity index (χ2n) is 11.9. The first kappa shape index (κ1) is 41.3. The Morgan fingerprint density at radius 3 is 1.20 bits per heavy atom. The molecule has 0 saturated carbocycles. The Morgan fingerprint density at radius 1 is 0.500 bits per heavy atom. The molecule has 3 aromatic carbocycles. The number of fused-ring (bicyclic) bond motifs is 1. The van der Waals surface area contributed by atoms with Crippen molar-refractivity contribution in [1.29, 1.82) is 10.5 Å². The first-order chi connectivity index (χ1) is 27.5. The summed E-state index contributed by atoms with van der Waals surface area (Å²) < 4.78 is 0. The van der Waals surface area contributed by atoms with E-state index in [4.69, 9.17) is 20.0 Å². The quantitative estimate of drug-likeness (QED) is 0.0840. The molecule has 4 rings (SSSR count). The average Bonchev–Trinajstić information content (AvgIpc) is 3.22. The molecule has 0 N–H and O–H groups in total. The highest BCUT2D eigenvalue weighted by atomic mass is 14.9. The molecule has 0 amide bonds. The molecule has 0 saturated heterocycles. The Bertz CT molecular complexity index is 2260. The minimum atomic E-state index is 0.319. The van der Waals surface area contributed by atoms with Gasteiger partial charge in [-0.3, -0.25) is 20.0 Å². The van der Waals surface area contributed by atoms with Crippen molar-refractivity contribution in [3.63, 3.8) is 0 Å². The second kappa shape index (κ2) is 23.3. The smallest absolute Gasteiger partial charge is 0.101 e. The standard InChI is InChI=1S/C48H44N8/c1-5-15-37(39(17-7-3)27-31-53-43-21-11-9-19-41(43)33-49)25-29-51-35-47-48(56-46-24-14-13-23-45(46)55-47)36-52-30-26-38(16-6-2)40(18-8-4)28-32-54-44-22-12-10-20-42(44)34-50/h5-32H,35-36H2,1-4H3/b15-5-,16-6-,17-7-,18-8-,37-25+,38-26+,39-27-,40-28+,51-29+,52-30+,53-31+,54-32+. The molecule has 0 radical (unpaired) electrons. The number of hydrogen-bond acceptors (Lipinski definition) is 8. The van der Waals surface area contributed by atoms with Crippen LogP contribution in [-0.4, -0.2) is 34.8 Å². The van der Waals surface area contributed by atoms with Gasteiger partial charge in [-0.1, -0.05) is 85.0 Å². The highest BCUT2D eigenvalue weighted by molar-refractivity contribution is 5.83. The highest BCUT2D eigenvalue weighted by Crippen LogP contribution is 2.20. The van der Waals surface area contributed by atoms with Crippen molar-refractivity contribution < 1.29 is 0 Å². The first-order valence-electron chi connectivity index (χ1n) is 18.2. The van der Waals surface area contributed by atoms with Crippen LogP contribution >= 0.6 is 0 Å². The minimum Gasteiger partial charge on any atom is -0.287 e. The Labute approximate surface area is 330 Å². The lowest BCUT2D eigenvalue weighted by molar-refractivity contribution is 0.897. The Morgan fingerprint density at radius 2 is 0.839 bits per heavy atom. The zero-order chi connectivity index (χ0) is 39.8. The summed E-state index contributed by atoms with van der Waals surface area (Å²) in [5.41, 5.74) is 9.10. The van der Waals surface area contributed by atoms with Crippen LogP contribution in [0.25, 0.3) is 11.0 Å². The third-order valence-electron chi connectivity index (χ3n) is 7.96. The zero-order valence-corrected chi connectivity index (χ0v) is 32.2. The Kier molecular flexibility index (Phi) is 17.2. The minimum absolute atomic E-state index is 0.319. The normalized spacial score (nSPS) is 13.7. The van der Waals surface area contributed by atoms with Crippen molar-refractivity contribution in [2.75, 3.05) is 0 Å². The number of hydrogen-bond donors (Lipinski definition) is 0. The fourth-order valence-electron chi connectivity index (χ4n) is 5.34. The van der Waals surface area contributed by atoms with Gasteiger partial charge >= 0.3 is 0 Å². The third kappa shape index (κ3) is 12.6. The van der Waals surface area contributed by atoms with Crippen molar-refractivity contribution >= 4 is 47.3 Å². The number of para-hydroxylation sites is 4. The van der Waals surface area contributed by atoms with Crippen LogP contribution in [0.2, 0.25) is 0 Å². The molecule has 0 fully saturated rings. The summed E-state index contributed by atoms with van der Waals surface area (Å²) in [6.45, 7) is 8.49. The Balaban J connectivity index is 1.58. The number of rotatable bonds is 16. The Hall–Kier alpha value is -7.42. The van der Waals surface area contributed by atoms with Crippen LogP contribution in [0.5, 0.6) is 0 Å². The van der Waals surface area contributed by atoms with Crippen molar-refractivity contribution in [3.05, 3.63) is 191 Å².